The van der Waals surface area contributed by atoms with Crippen LogP contribution >= 0.6 is 12.4 Å². The molecule has 2 saturated heterocycles. The fourth-order valence-electron chi connectivity index (χ4n) is 2.61. The molecule has 0 radical (unpaired) electrons. The van der Waals surface area contributed by atoms with Crippen LogP contribution in [0, 0.1) is 0 Å². The molecule has 2 aliphatic rings. The Labute approximate surface area is 134 Å². The molecule has 122 valence electrons. The summed E-state index contributed by atoms with van der Waals surface area (Å²) in [5, 5.41) is 7.19. The highest BCUT2D eigenvalue weighted by molar-refractivity contribution is 5.98. The number of aryl methyl sites for hydroxylation is 1. The number of nitrogens with zero attached hydrogens (tertiary/aromatic N) is 4. The van der Waals surface area contributed by atoms with Gasteiger partial charge in [-0.05, 0) is 0 Å². The minimum absolute atomic E-state index is 0. The van der Waals surface area contributed by atoms with E-state index in [4.69, 9.17) is 4.74 Å². The van der Waals surface area contributed by atoms with Gasteiger partial charge in [-0.15, -0.1) is 12.4 Å². The number of hydrogen-bond acceptors (Lipinski definition) is 5. The molecule has 0 aromatic carbocycles. The Morgan fingerprint density at radius 3 is 2.86 bits per heavy atom. The number of amides is 2. The number of aromatic nitrogens is 2. The Hall–Kier alpha value is -1.64. The number of piperazine rings is 1. The number of carbonyl (C=O) groups excluding carboxylic acids is 2. The molecular weight excluding hydrogens is 310 g/mol. The summed E-state index contributed by atoms with van der Waals surface area (Å²) in [6.07, 6.45) is 2.98. The van der Waals surface area contributed by atoms with Gasteiger partial charge in [0, 0.05) is 39.4 Å². The van der Waals surface area contributed by atoms with Crippen molar-refractivity contribution in [2.45, 2.75) is 6.10 Å². The molecule has 1 aromatic rings. The largest absolute Gasteiger partial charge is 0.366 e. The molecule has 3 rings (SSSR count). The zero-order valence-electron chi connectivity index (χ0n) is 12.4. The average molecular weight is 330 g/mol. The molecule has 22 heavy (non-hydrogen) atoms. The summed E-state index contributed by atoms with van der Waals surface area (Å²) in [7, 11) is 1.81. The van der Waals surface area contributed by atoms with Gasteiger partial charge >= 0.3 is 0 Å². The van der Waals surface area contributed by atoms with E-state index < -0.39 is 6.10 Å². The van der Waals surface area contributed by atoms with Crippen LogP contribution in [0.3, 0.4) is 0 Å². The monoisotopic (exact) mass is 329 g/mol. The maximum absolute atomic E-state index is 12.3. The van der Waals surface area contributed by atoms with Crippen LogP contribution in [-0.2, 0) is 21.4 Å². The van der Waals surface area contributed by atoms with E-state index in [0.29, 0.717) is 26.2 Å². The van der Waals surface area contributed by atoms with E-state index >= 15 is 0 Å². The van der Waals surface area contributed by atoms with E-state index in [-0.39, 0.29) is 30.8 Å². The van der Waals surface area contributed by atoms with Gasteiger partial charge in [-0.3, -0.25) is 14.3 Å². The van der Waals surface area contributed by atoms with Crippen molar-refractivity contribution >= 4 is 29.9 Å². The number of anilines is 1. The molecule has 2 amide bonds. The summed E-state index contributed by atoms with van der Waals surface area (Å²) >= 11 is 0. The number of carbonyl (C=O) groups is 2. The second-order valence-corrected chi connectivity index (χ2v) is 5.24. The van der Waals surface area contributed by atoms with Gasteiger partial charge in [-0.25, -0.2) is 0 Å². The molecule has 3 heterocycles. The molecule has 1 atom stereocenters. The van der Waals surface area contributed by atoms with Crippen LogP contribution < -0.4 is 10.2 Å². The van der Waals surface area contributed by atoms with E-state index in [1.165, 1.54) is 0 Å². The SMILES string of the molecule is Cl.Cn1cc(N2CCN(C(=O)C3CNCCO3)CC2=O)cn1. The first-order valence-electron chi connectivity index (χ1n) is 7.05. The highest BCUT2D eigenvalue weighted by atomic mass is 35.5. The lowest BCUT2D eigenvalue weighted by molar-refractivity contribution is -0.148. The Balaban J connectivity index is 0.00000176. The van der Waals surface area contributed by atoms with E-state index in [2.05, 4.69) is 10.4 Å². The minimum Gasteiger partial charge on any atom is -0.366 e. The van der Waals surface area contributed by atoms with Crippen LogP contribution in [0.1, 0.15) is 0 Å². The number of hydrogen-bond donors (Lipinski definition) is 1. The molecule has 0 spiro atoms. The first-order chi connectivity index (χ1) is 10.1. The van der Waals surface area contributed by atoms with Gasteiger partial charge in [0.2, 0.25) is 5.91 Å². The van der Waals surface area contributed by atoms with Crippen molar-refractivity contribution in [3.05, 3.63) is 12.4 Å². The van der Waals surface area contributed by atoms with Crippen molar-refractivity contribution in [3.8, 4) is 0 Å². The summed E-state index contributed by atoms with van der Waals surface area (Å²) in [5.41, 5.74) is 0.769. The third-order valence-corrected chi connectivity index (χ3v) is 3.74. The summed E-state index contributed by atoms with van der Waals surface area (Å²) < 4.78 is 7.11. The predicted octanol–water partition coefficient (Wildman–Crippen LogP) is -0.994. The molecule has 1 aromatic heterocycles. The van der Waals surface area contributed by atoms with E-state index in [0.717, 1.165) is 12.2 Å². The predicted molar refractivity (Wildman–Crippen MR) is 82.0 cm³/mol. The maximum Gasteiger partial charge on any atom is 0.253 e. The Kier molecular flexibility index (Phi) is 5.38. The summed E-state index contributed by atoms with van der Waals surface area (Å²) in [5.74, 6) is -0.201. The Bertz CT molecular complexity index is 544. The van der Waals surface area contributed by atoms with Crippen molar-refractivity contribution in [1.82, 2.24) is 20.0 Å². The second kappa shape index (κ2) is 7.08. The average Bonchev–Trinajstić information content (AvgIpc) is 2.93. The van der Waals surface area contributed by atoms with Crippen molar-refractivity contribution in [3.63, 3.8) is 0 Å². The minimum atomic E-state index is -0.475. The van der Waals surface area contributed by atoms with Gasteiger partial charge in [-0.1, -0.05) is 0 Å². The summed E-state index contributed by atoms with van der Waals surface area (Å²) in [6.45, 7) is 2.89. The van der Waals surface area contributed by atoms with Gasteiger partial charge in [-0.2, -0.15) is 5.10 Å². The van der Waals surface area contributed by atoms with E-state index in [1.54, 1.807) is 33.9 Å². The molecule has 0 aliphatic carbocycles. The number of nitrogens with one attached hydrogen (secondary N) is 1. The zero-order valence-corrected chi connectivity index (χ0v) is 13.2. The van der Waals surface area contributed by atoms with Crippen molar-refractivity contribution in [2.75, 3.05) is 44.2 Å². The number of rotatable bonds is 2. The maximum atomic E-state index is 12.3. The lowest BCUT2D eigenvalue weighted by Crippen LogP contribution is -2.57. The molecule has 9 heteroatoms. The van der Waals surface area contributed by atoms with Crippen LogP contribution in [0.4, 0.5) is 5.69 Å². The topological polar surface area (TPSA) is 79.7 Å². The van der Waals surface area contributed by atoms with Gasteiger partial charge in [0.15, 0.2) is 0 Å². The zero-order chi connectivity index (χ0) is 14.8. The highest BCUT2D eigenvalue weighted by Crippen LogP contribution is 2.16. The van der Waals surface area contributed by atoms with Crippen molar-refractivity contribution in [1.29, 1.82) is 0 Å². The quantitative estimate of drug-likeness (QED) is 0.753. The lowest BCUT2D eigenvalue weighted by Gasteiger charge is -2.36. The molecule has 2 aliphatic heterocycles. The van der Waals surface area contributed by atoms with Crippen LogP contribution in [-0.4, -0.2) is 71.9 Å². The number of morpholine rings is 1. The molecule has 0 bridgehead atoms. The van der Waals surface area contributed by atoms with E-state index in [1.807, 2.05) is 0 Å². The Morgan fingerprint density at radius 1 is 1.45 bits per heavy atom. The van der Waals surface area contributed by atoms with Crippen molar-refractivity contribution in [2.24, 2.45) is 7.05 Å². The van der Waals surface area contributed by atoms with E-state index in [9.17, 15) is 9.59 Å². The fourth-order valence-corrected chi connectivity index (χ4v) is 2.61. The van der Waals surface area contributed by atoms with Crippen LogP contribution in [0.15, 0.2) is 12.4 Å². The molecule has 1 unspecified atom stereocenters. The summed E-state index contributed by atoms with van der Waals surface area (Å²) in [4.78, 5) is 27.8. The first kappa shape index (κ1) is 16.7. The number of ether oxygens (including phenoxy) is 1. The van der Waals surface area contributed by atoms with Crippen LogP contribution in [0.2, 0.25) is 0 Å². The molecular formula is C13H20ClN5O3. The fraction of sp³-hybridized carbons (Fsp3) is 0.615. The lowest BCUT2D eigenvalue weighted by atomic mass is 10.2. The molecule has 0 saturated carbocycles. The van der Waals surface area contributed by atoms with Gasteiger partial charge in [0.1, 0.15) is 12.6 Å². The van der Waals surface area contributed by atoms with Gasteiger partial charge in [0.25, 0.3) is 5.91 Å². The van der Waals surface area contributed by atoms with Gasteiger partial charge < -0.3 is 19.9 Å². The summed E-state index contributed by atoms with van der Waals surface area (Å²) in [6, 6.07) is 0. The third-order valence-electron chi connectivity index (χ3n) is 3.74. The molecule has 1 N–H and O–H groups in total. The molecule has 8 nitrogen and oxygen atoms in total. The first-order valence-corrected chi connectivity index (χ1v) is 7.05. The Morgan fingerprint density at radius 2 is 2.27 bits per heavy atom. The second-order valence-electron chi connectivity index (χ2n) is 5.24. The third kappa shape index (κ3) is 3.40. The number of halogens is 1. The highest BCUT2D eigenvalue weighted by Gasteiger charge is 2.33. The normalized spacial score (nSPS) is 22.4. The van der Waals surface area contributed by atoms with Crippen LogP contribution in [0.5, 0.6) is 0 Å². The smallest absolute Gasteiger partial charge is 0.253 e. The van der Waals surface area contributed by atoms with Crippen LogP contribution in [0.25, 0.3) is 0 Å². The molecule has 2 fully saturated rings. The van der Waals surface area contributed by atoms with Crippen molar-refractivity contribution < 1.29 is 14.3 Å². The van der Waals surface area contributed by atoms with Gasteiger partial charge in [0.05, 0.1) is 18.5 Å². The standard InChI is InChI=1S/C13H19N5O3.ClH/c1-16-8-10(6-15-16)18-4-3-17(9-12(18)19)13(20)11-7-14-2-5-21-11;/h6,8,11,14H,2-5,7,9H2,1H3;1H.